The summed E-state index contributed by atoms with van der Waals surface area (Å²) in [6.07, 6.45) is 7.93. The molecule has 0 fully saturated rings. The zero-order valence-electron chi connectivity index (χ0n) is 10.3. The zero-order chi connectivity index (χ0) is 12.0. The molecule has 3 nitrogen and oxygen atoms in total. The van der Waals surface area contributed by atoms with Crippen LogP contribution in [-0.4, -0.2) is 35.1 Å². The minimum Gasteiger partial charge on any atom is -0.394 e. The van der Waals surface area contributed by atoms with Crippen molar-refractivity contribution >= 4 is 0 Å². The molecule has 0 aromatic carbocycles. The summed E-state index contributed by atoms with van der Waals surface area (Å²) in [6.45, 7) is 3.80. The topological polar surface area (TPSA) is 49.7 Å². The summed E-state index contributed by atoms with van der Waals surface area (Å²) in [5.41, 5.74) is 0. The van der Waals surface area contributed by atoms with Gasteiger partial charge >= 0.3 is 0 Å². The van der Waals surface area contributed by atoms with Gasteiger partial charge in [0.05, 0.1) is 24.9 Å². The second-order valence-corrected chi connectivity index (χ2v) is 4.75. The summed E-state index contributed by atoms with van der Waals surface area (Å²) in [5, 5.41) is 18.5. The predicted octanol–water partition coefficient (Wildman–Crippen LogP) is 1.88. The summed E-state index contributed by atoms with van der Waals surface area (Å²) >= 11 is 0. The van der Waals surface area contributed by atoms with Gasteiger partial charge in [0.1, 0.15) is 0 Å². The van der Waals surface area contributed by atoms with Gasteiger partial charge in [0.2, 0.25) is 0 Å². The molecule has 4 atom stereocenters. The van der Waals surface area contributed by atoms with E-state index in [1.54, 1.807) is 0 Å². The minimum absolute atomic E-state index is 0.0597. The Morgan fingerprint density at radius 3 is 2.69 bits per heavy atom. The largest absolute Gasteiger partial charge is 0.394 e. The Kier molecular flexibility index (Phi) is 6.03. The third kappa shape index (κ3) is 4.64. The molecule has 1 aliphatic carbocycles. The number of ether oxygens (including phenoxy) is 1. The van der Waals surface area contributed by atoms with Crippen LogP contribution in [0, 0.1) is 5.92 Å². The first-order valence-electron chi connectivity index (χ1n) is 6.24. The van der Waals surface area contributed by atoms with E-state index in [1.165, 1.54) is 0 Å². The van der Waals surface area contributed by atoms with E-state index in [4.69, 9.17) is 9.84 Å². The van der Waals surface area contributed by atoms with Gasteiger partial charge in [0.25, 0.3) is 0 Å². The highest BCUT2D eigenvalue weighted by Crippen LogP contribution is 2.23. The van der Waals surface area contributed by atoms with Crippen molar-refractivity contribution in [1.29, 1.82) is 0 Å². The molecule has 2 N–H and O–H groups in total. The van der Waals surface area contributed by atoms with Crippen molar-refractivity contribution in [1.82, 2.24) is 0 Å². The number of aliphatic hydroxyl groups is 2. The van der Waals surface area contributed by atoms with Gasteiger partial charge in [-0.15, -0.1) is 0 Å². The van der Waals surface area contributed by atoms with Gasteiger partial charge in [-0.25, -0.2) is 0 Å². The van der Waals surface area contributed by atoms with E-state index >= 15 is 0 Å². The number of aliphatic hydroxyl groups excluding tert-OH is 2. The molecule has 0 heterocycles. The maximum atomic E-state index is 9.60. The average molecular weight is 228 g/mol. The number of allylic oxidation sites excluding steroid dienone is 1. The molecule has 1 rings (SSSR count). The van der Waals surface area contributed by atoms with Gasteiger partial charge in [0, 0.05) is 0 Å². The Labute approximate surface area is 98.1 Å². The lowest BCUT2D eigenvalue weighted by Gasteiger charge is -2.25. The second-order valence-electron chi connectivity index (χ2n) is 4.75. The van der Waals surface area contributed by atoms with Crippen LogP contribution >= 0.6 is 0 Å². The Morgan fingerprint density at radius 1 is 1.31 bits per heavy atom. The van der Waals surface area contributed by atoms with E-state index in [0.717, 1.165) is 25.7 Å². The van der Waals surface area contributed by atoms with Crippen LogP contribution in [-0.2, 0) is 4.74 Å². The highest BCUT2D eigenvalue weighted by Gasteiger charge is 2.19. The Morgan fingerprint density at radius 2 is 2.06 bits per heavy atom. The van der Waals surface area contributed by atoms with Gasteiger partial charge in [-0.1, -0.05) is 12.2 Å². The van der Waals surface area contributed by atoms with Crippen LogP contribution in [0.1, 0.15) is 39.5 Å². The molecular formula is C13H24O3. The fourth-order valence-corrected chi connectivity index (χ4v) is 2.11. The summed E-state index contributed by atoms with van der Waals surface area (Å²) in [7, 11) is 0. The Hall–Kier alpha value is -0.380. The normalized spacial score (nSPS) is 30.5. The zero-order valence-corrected chi connectivity index (χ0v) is 10.3. The predicted molar refractivity (Wildman–Crippen MR) is 64.2 cm³/mol. The van der Waals surface area contributed by atoms with Crippen LogP contribution < -0.4 is 0 Å². The Bertz CT molecular complexity index is 213. The van der Waals surface area contributed by atoms with Gasteiger partial charge in [-0.2, -0.15) is 0 Å². The first kappa shape index (κ1) is 13.7. The molecule has 94 valence electrons. The van der Waals surface area contributed by atoms with Crippen molar-refractivity contribution < 1.29 is 14.9 Å². The van der Waals surface area contributed by atoms with Crippen molar-refractivity contribution in [2.24, 2.45) is 5.92 Å². The molecule has 0 bridgehead atoms. The first-order valence-corrected chi connectivity index (χ1v) is 6.24. The molecule has 0 saturated carbocycles. The molecule has 0 aromatic rings. The third-order valence-corrected chi connectivity index (χ3v) is 3.22. The van der Waals surface area contributed by atoms with Gasteiger partial charge < -0.3 is 14.9 Å². The van der Waals surface area contributed by atoms with Crippen molar-refractivity contribution in [3.63, 3.8) is 0 Å². The second kappa shape index (κ2) is 7.05. The lowest BCUT2D eigenvalue weighted by Crippen LogP contribution is -2.25. The molecule has 3 heteroatoms. The van der Waals surface area contributed by atoms with Crippen molar-refractivity contribution in [3.05, 3.63) is 12.2 Å². The van der Waals surface area contributed by atoms with Crippen molar-refractivity contribution in [2.75, 3.05) is 6.61 Å². The maximum Gasteiger partial charge on any atom is 0.0785 e. The molecule has 0 aliphatic heterocycles. The fraction of sp³-hybridized carbons (Fsp3) is 0.846. The van der Waals surface area contributed by atoms with E-state index < -0.39 is 0 Å². The Balaban J connectivity index is 2.45. The minimum atomic E-state index is -0.234. The van der Waals surface area contributed by atoms with Gasteiger partial charge in [-0.05, 0) is 45.4 Å². The van der Waals surface area contributed by atoms with E-state index in [9.17, 15) is 5.11 Å². The molecule has 0 saturated heterocycles. The van der Waals surface area contributed by atoms with Crippen LogP contribution in [0.3, 0.4) is 0 Å². The summed E-state index contributed by atoms with van der Waals surface area (Å²) in [5.74, 6) is 0.375. The van der Waals surface area contributed by atoms with Crippen LogP contribution in [0.15, 0.2) is 12.2 Å². The van der Waals surface area contributed by atoms with Crippen molar-refractivity contribution in [2.45, 2.75) is 57.8 Å². The van der Waals surface area contributed by atoms with Gasteiger partial charge in [0.15, 0.2) is 0 Å². The monoisotopic (exact) mass is 228 g/mol. The van der Waals surface area contributed by atoms with E-state index in [0.29, 0.717) is 5.92 Å². The summed E-state index contributed by atoms with van der Waals surface area (Å²) in [4.78, 5) is 0. The first-order chi connectivity index (χ1) is 7.63. The van der Waals surface area contributed by atoms with E-state index in [-0.39, 0.29) is 24.9 Å². The molecular weight excluding hydrogens is 204 g/mol. The van der Waals surface area contributed by atoms with E-state index in [2.05, 4.69) is 12.2 Å². The molecule has 0 aromatic heterocycles. The standard InChI is InChI=1S/C13H24O3/c1-10(9-14)16-13-6-4-3-5-12(7-8-13)11(2)15/h4,6,10-15H,3,5,7-9H2,1-2H3. The number of hydrogen-bond donors (Lipinski definition) is 2. The number of hydrogen-bond acceptors (Lipinski definition) is 3. The van der Waals surface area contributed by atoms with Crippen LogP contribution in [0.5, 0.6) is 0 Å². The quantitative estimate of drug-likeness (QED) is 0.722. The summed E-state index contributed by atoms with van der Waals surface area (Å²) < 4.78 is 5.69. The highest BCUT2D eigenvalue weighted by molar-refractivity contribution is 4.93. The fourth-order valence-electron chi connectivity index (χ4n) is 2.11. The maximum absolute atomic E-state index is 9.60. The van der Waals surface area contributed by atoms with Crippen LogP contribution in [0.4, 0.5) is 0 Å². The molecule has 0 amide bonds. The average Bonchev–Trinajstić information content (AvgIpc) is 2.21. The lowest BCUT2D eigenvalue weighted by molar-refractivity contribution is -0.0168. The molecule has 0 radical (unpaired) electrons. The summed E-state index contributed by atoms with van der Waals surface area (Å²) in [6, 6.07) is 0. The molecule has 1 aliphatic rings. The van der Waals surface area contributed by atoms with Gasteiger partial charge in [-0.3, -0.25) is 0 Å². The van der Waals surface area contributed by atoms with Crippen LogP contribution in [0.2, 0.25) is 0 Å². The third-order valence-electron chi connectivity index (χ3n) is 3.22. The lowest BCUT2D eigenvalue weighted by atomic mass is 9.89. The smallest absolute Gasteiger partial charge is 0.0785 e. The number of rotatable bonds is 4. The SMILES string of the molecule is CC(CO)OC1C=CCCC(C(C)O)CC1. The van der Waals surface area contributed by atoms with E-state index in [1.807, 2.05) is 13.8 Å². The highest BCUT2D eigenvalue weighted by atomic mass is 16.5. The van der Waals surface area contributed by atoms with Crippen LogP contribution in [0.25, 0.3) is 0 Å². The molecule has 0 spiro atoms. The molecule has 16 heavy (non-hydrogen) atoms. The molecule has 4 unspecified atom stereocenters. The van der Waals surface area contributed by atoms with Crippen molar-refractivity contribution in [3.8, 4) is 0 Å².